The van der Waals surface area contributed by atoms with Crippen molar-refractivity contribution in [3.05, 3.63) is 17.0 Å². The maximum Gasteiger partial charge on any atom is 0.325 e. The number of carbonyl (C=O) groups is 1. The molecule has 0 saturated heterocycles. The van der Waals surface area contributed by atoms with Gasteiger partial charge in [-0.15, -0.1) is 0 Å². The van der Waals surface area contributed by atoms with Crippen LogP contribution >= 0.6 is 0 Å². The molecule has 5 heteroatoms. The Morgan fingerprint density at radius 3 is 2.53 bits per heavy atom. The summed E-state index contributed by atoms with van der Waals surface area (Å²) in [5, 5.41) is 4.47. The zero-order valence-electron chi connectivity index (χ0n) is 12.6. The highest BCUT2D eigenvalue weighted by atomic mass is 16.5. The first-order valence-electron chi connectivity index (χ1n) is 6.76. The number of hydrogen-bond donors (Lipinski definition) is 1. The molecule has 1 rings (SSSR count). The van der Waals surface area contributed by atoms with Crippen LogP contribution in [0.2, 0.25) is 0 Å². The highest BCUT2D eigenvalue weighted by Crippen LogP contribution is 2.15. The molecule has 19 heavy (non-hydrogen) atoms. The lowest BCUT2D eigenvalue weighted by molar-refractivity contribution is -0.149. The van der Waals surface area contributed by atoms with E-state index in [1.807, 2.05) is 11.6 Å². The molecule has 0 aromatic carbocycles. The third-order valence-corrected chi connectivity index (χ3v) is 3.55. The molecular weight excluding hydrogens is 242 g/mol. The molecule has 0 spiro atoms. The molecule has 0 saturated carbocycles. The van der Waals surface area contributed by atoms with Crippen LogP contribution in [0.1, 0.15) is 43.6 Å². The first-order chi connectivity index (χ1) is 8.79. The van der Waals surface area contributed by atoms with Crippen LogP contribution in [-0.2, 0) is 16.1 Å². The minimum atomic E-state index is -0.916. The first kappa shape index (κ1) is 15.7. The van der Waals surface area contributed by atoms with E-state index in [2.05, 4.69) is 18.9 Å². The average Bonchev–Trinajstić information content (AvgIpc) is 2.57. The van der Waals surface area contributed by atoms with E-state index >= 15 is 0 Å². The van der Waals surface area contributed by atoms with E-state index in [1.54, 1.807) is 13.8 Å². The fourth-order valence-electron chi connectivity index (χ4n) is 2.00. The SMILES string of the molecule is CCOC(=O)C(C)(N)CCCn1nc(C)c(C)c1C. The predicted molar refractivity (Wildman–Crippen MR) is 74.9 cm³/mol. The lowest BCUT2D eigenvalue weighted by atomic mass is 9.97. The number of carbonyl (C=O) groups excluding carboxylic acids is 1. The van der Waals surface area contributed by atoms with Crippen LogP contribution in [0, 0.1) is 20.8 Å². The van der Waals surface area contributed by atoms with E-state index in [0.717, 1.165) is 18.7 Å². The number of nitrogens with two attached hydrogens (primary N) is 1. The smallest absolute Gasteiger partial charge is 0.325 e. The van der Waals surface area contributed by atoms with Gasteiger partial charge in [0.15, 0.2) is 0 Å². The summed E-state index contributed by atoms with van der Waals surface area (Å²) >= 11 is 0. The molecular formula is C14H25N3O2. The van der Waals surface area contributed by atoms with Gasteiger partial charge in [-0.05, 0) is 53.0 Å². The van der Waals surface area contributed by atoms with Crippen molar-refractivity contribution in [2.75, 3.05) is 6.61 Å². The molecule has 0 aliphatic heterocycles. The number of ether oxygens (including phenoxy) is 1. The number of aromatic nitrogens is 2. The zero-order valence-corrected chi connectivity index (χ0v) is 12.6. The molecule has 1 aromatic rings. The highest BCUT2D eigenvalue weighted by molar-refractivity contribution is 5.79. The van der Waals surface area contributed by atoms with Gasteiger partial charge in [0.1, 0.15) is 5.54 Å². The monoisotopic (exact) mass is 267 g/mol. The number of rotatable bonds is 6. The molecule has 1 unspecified atom stereocenters. The van der Waals surface area contributed by atoms with E-state index in [-0.39, 0.29) is 5.97 Å². The van der Waals surface area contributed by atoms with Gasteiger partial charge in [0.2, 0.25) is 0 Å². The second-order valence-corrected chi connectivity index (χ2v) is 5.26. The molecule has 2 N–H and O–H groups in total. The Morgan fingerprint density at radius 2 is 2.05 bits per heavy atom. The van der Waals surface area contributed by atoms with E-state index in [0.29, 0.717) is 13.0 Å². The summed E-state index contributed by atoms with van der Waals surface area (Å²) in [6, 6.07) is 0. The second kappa shape index (κ2) is 6.19. The van der Waals surface area contributed by atoms with Gasteiger partial charge in [0.05, 0.1) is 12.3 Å². The summed E-state index contributed by atoms with van der Waals surface area (Å²) in [6.07, 6.45) is 1.39. The van der Waals surface area contributed by atoms with Gasteiger partial charge in [0, 0.05) is 12.2 Å². The largest absolute Gasteiger partial charge is 0.465 e. The number of nitrogens with zero attached hydrogens (tertiary/aromatic N) is 2. The third kappa shape index (κ3) is 3.80. The fourth-order valence-corrected chi connectivity index (χ4v) is 2.00. The molecule has 108 valence electrons. The Labute approximate surface area is 115 Å². The Hall–Kier alpha value is -1.36. The van der Waals surface area contributed by atoms with Crippen LogP contribution in [0.25, 0.3) is 0 Å². The van der Waals surface area contributed by atoms with Crippen LogP contribution in [0.3, 0.4) is 0 Å². The van der Waals surface area contributed by atoms with Crippen LogP contribution in [0.15, 0.2) is 0 Å². The van der Waals surface area contributed by atoms with Gasteiger partial charge in [-0.1, -0.05) is 0 Å². The summed E-state index contributed by atoms with van der Waals surface area (Å²) in [6.45, 7) is 10.8. The lowest BCUT2D eigenvalue weighted by Gasteiger charge is -2.22. The lowest BCUT2D eigenvalue weighted by Crippen LogP contribution is -2.46. The van der Waals surface area contributed by atoms with Crippen LogP contribution < -0.4 is 5.73 Å². The quantitative estimate of drug-likeness (QED) is 0.799. The maximum absolute atomic E-state index is 11.7. The Bertz CT molecular complexity index is 450. The standard InChI is InChI=1S/C14H25N3O2/c1-6-19-13(18)14(5,15)8-7-9-17-12(4)10(2)11(3)16-17/h6-9,15H2,1-5H3. The summed E-state index contributed by atoms with van der Waals surface area (Å²) in [5.74, 6) is -0.334. The normalized spacial score (nSPS) is 14.2. The molecule has 0 aliphatic carbocycles. The zero-order chi connectivity index (χ0) is 14.6. The van der Waals surface area contributed by atoms with Gasteiger partial charge in [-0.3, -0.25) is 9.48 Å². The Balaban J connectivity index is 2.54. The number of esters is 1. The summed E-state index contributed by atoms with van der Waals surface area (Å²) in [5.41, 5.74) is 8.51. The average molecular weight is 267 g/mol. The molecule has 1 atom stereocenters. The van der Waals surface area contributed by atoms with E-state index < -0.39 is 5.54 Å². The topological polar surface area (TPSA) is 70.1 Å². The molecule has 0 fully saturated rings. The van der Waals surface area contributed by atoms with Gasteiger partial charge >= 0.3 is 5.97 Å². The summed E-state index contributed by atoms with van der Waals surface area (Å²) in [4.78, 5) is 11.7. The first-order valence-corrected chi connectivity index (χ1v) is 6.76. The second-order valence-electron chi connectivity index (χ2n) is 5.26. The van der Waals surface area contributed by atoms with Gasteiger partial charge in [0.25, 0.3) is 0 Å². The molecule has 1 aromatic heterocycles. The van der Waals surface area contributed by atoms with Crippen molar-refractivity contribution in [3.8, 4) is 0 Å². The number of aryl methyl sites for hydroxylation is 2. The van der Waals surface area contributed by atoms with Crippen molar-refractivity contribution in [3.63, 3.8) is 0 Å². The molecule has 5 nitrogen and oxygen atoms in total. The van der Waals surface area contributed by atoms with Crippen LogP contribution in [0.4, 0.5) is 0 Å². The van der Waals surface area contributed by atoms with E-state index in [1.165, 1.54) is 11.3 Å². The van der Waals surface area contributed by atoms with Crippen molar-refractivity contribution >= 4 is 5.97 Å². The van der Waals surface area contributed by atoms with Crippen molar-refractivity contribution in [2.24, 2.45) is 5.73 Å². The Kier molecular flexibility index (Phi) is 5.11. The molecule has 0 amide bonds. The van der Waals surface area contributed by atoms with Crippen LogP contribution in [-0.4, -0.2) is 27.9 Å². The third-order valence-electron chi connectivity index (χ3n) is 3.55. The molecule has 0 radical (unpaired) electrons. The van der Waals surface area contributed by atoms with E-state index in [9.17, 15) is 4.79 Å². The minimum absolute atomic E-state index is 0.334. The summed E-state index contributed by atoms with van der Waals surface area (Å²) in [7, 11) is 0. The number of hydrogen-bond acceptors (Lipinski definition) is 4. The molecule has 0 bridgehead atoms. The molecule has 0 aliphatic rings. The maximum atomic E-state index is 11.7. The fraction of sp³-hybridized carbons (Fsp3) is 0.714. The minimum Gasteiger partial charge on any atom is -0.465 e. The van der Waals surface area contributed by atoms with Crippen molar-refractivity contribution in [2.45, 2.75) is 59.5 Å². The van der Waals surface area contributed by atoms with Crippen molar-refractivity contribution in [1.29, 1.82) is 0 Å². The van der Waals surface area contributed by atoms with Crippen molar-refractivity contribution < 1.29 is 9.53 Å². The Morgan fingerprint density at radius 1 is 1.42 bits per heavy atom. The van der Waals surface area contributed by atoms with Gasteiger partial charge in [-0.25, -0.2) is 0 Å². The summed E-state index contributed by atoms with van der Waals surface area (Å²) < 4.78 is 6.95. The molecule has 1 heterocycles. The highest BCUT2D eigenvalue weighted by Gasteiger charge is 2.29. The van der Waals surface area contributed by atoms with Gasteiger partial charge in [-0.2, -0.15) is 5.10 Å². The van der Waals surface area contributed by atoms with E-state index in [4.69, 9.17) is 10.5 Å². The van der Waals surface area contributed by atoms with Crippen LogP contribution in [0.5, 0.6) is 0 Å². The van der Waals surface area contributed by atoms with Gasteiger partial charge < -0.3 is 10.5 Å². The predicted octanol–water partition coefficient (Wildman–Crippen LogP) is 1.87. The van der Waals surface area contributed by atoms with Crippen molar-refractivity contribution in [1.82, 2.24) is 9.78 Å².